The lowest BCUT2D eigenvalue weighted by Gasteiger charge is -2.14. The Balaban J connectivity index is 2.00. The maximum absolute atomic E-state index is 11.6. The molecule has 0 bridgehead atoms. The molecule has 1 aromatic heterocycles. The maximum Gasteiger partial charge on any atom is 0.251 e. The van der Waals surface area contributed by atoms with Crippen LogP contribution in [0.4, 0.5) is 5.69 Å². The van der Waals surface area contributed by atoms with Crippen molar-refractivity contribution in [2.75, 3.05) is 12.4 Å². The first-order valence-electron chi connectivity index (χ1n) is 6.30. The highest BCUT2D eigenvalue weighted by Gasteiger charge is 2.07. The quantitative estimate of drug-likeness (QED) is 0.867. The van der Waals surface area contributed by atoms with E-state index in [1.165, 1.54) is 0 Å². The molecule has 4 heteroatoms. The van der Waals surface area contributed by atoms with Crippen molar-refractivity contribution < 1.29 is 9.21 Å². The Bertz CT molecular complexity index is 535. The van der Waals surface area contributed by atoms with Crippen molar-refractivity contribution in [2.45, 2.75) is 19.4 Å². The monoisotopic (exact) mass is 258 g/mol. The largest absolute Gasteiger partial charge is 0.469 e. The molecule has 0 spiro atoms. The topological polar surface area (TPSA) is 54.3 Å². The summed E-state index contributed by atoms with van der Waals surface area (Å²) in [5.41, 5.74) is 1.58. The number of furan rings is 1. The van der Waals surface area contributed by atoms with Gasteiger partial charge in [-0.15, -0.1) is 0 Å². The molecular weight excluding hydrogens is 240 g/mol. The van der Waals surface area contributed by atoms with Gasteiger partial charge in [0.2, 0.25) is 0 Å². The van der Waals surface area contributed by atoms with Gasteiger partial charge in [0.1, 0.15) is 5.76 Å². The van der Waals surface area contributed by atoms with E-state index in [2.05, 4.69) is 17.6 Å². The fourth-order valence-electron chi connectivity index (χ4n) is 1.96. The van der Waals surface area contributed by atoms with Gasteiger partial charge in [-0.3, -0.25) is 4.79 Å². The molecule has 0 aliphatic carbocycles. The fraction of sp³-hybridized carbons (Fsp3) is 0.267. The summed E-state index contributed by atoms with van der Waals surface area (Å²) >= 11 is 0. The minimum Gasteiger partial charge on any atom is -0.469 e. The van der Waals surface area contributed by atoms with Crippen LogP contribution in [0.1, 0.15) is 23.0 Å². The molecule has 1 unspecified atom stereocenters. The summed E-state index contributed by atoms with van der Waals surface area (Å²) in [6.07, 6.45) is 2.48. The van der Waals surface area contributed by atoms with E-state index in [1.807, 2.05) is 30.3 Å². The van der Waals surface area contributed by atoms with Crippen LogP contribution in [-0.2, 0) is 6.42 Å². The molecule has 2 rings (SSSR count). The van der Waals surface area contributed by atoms with Crippen molar-refractivity contribution in [3.05, 3.63) is 54.0 Å². The van der Waals surface area contributed by atoms with Gasteiger partial charge in [0.25, 0.3) is 5.91 Å². The lowest BCUT2D eigenvalue weighted by Crippen LogP contribution is -2.20. The molecule has 2 N–H and O–H groups in total. The Hall–Kier alpha value is -2.23. The number of amides is 1. The number of benzene rings is 1. The third-order valence-corrected chi connectivity index (χ3v) is 2.85. The van der Waals surface area contributed by atoms with Crippen LogP contribution in [0.15, 0.2) is 47.1 Å². The van der Waals surface area contributed by atoms with E-state index in [0.717, 1.165) is 17.9 Å². The molecule has 100 valence electrons. The van der Waals surface area contributed by atoms with Gasteiger partial charge < -0.3 is 15.1 Å². The first-order valence-corrected chi connectivity index (χ1v) is 6.30. The Morgan fingerprint density at radius 2 is 2.16 bits per heavy atom. The zero-order valence-corrected chi connectivity index (χ0v) is 11.1. The van der Waals surface area contributed by atoms with Gasteiger partial charge in [-0.05, 0) is 37.3 Å². The van der Waals surface area contributed by atoms with Crippen molar-refractivity contribution in [1.82, 2.24) is 5.32 Å². The Morgan fingerprint density at radius 3 is 2.84 bits per heavy atom. The first-order chi connectivity index (χ1) is 9.19. The third-order valence-electron chi connectivity index (χ3n) is 2.85. The summed E-state index contributed by atoms with van der Waals surface area (Å²) in [5.74, 6) is 0.866. The number of hydrogen-bond donors (Lipinski definition) is 2. The predicted molar refractivity (Wildman–Crippen MR) is 75.3 cm³/mol. The molecule has 0 saturated carbocycles. The summed E-state index contributed by atoms with van der Waals surface area (Å²) in [4.78, 5) is 11.6. The van der Waals surface area contributed by atoms with E-state index in [4.69, 9.17) is 4.42 Å². The lowest BCUT2D eigenvalue weighted by atomic mass is 10.1. The maximum atomic E-state index is 11.6. The lowest BCUT2D eigenvalue weighted by molar-refractivity contribution is 0.0963. The van der Waals surface area contributed by atoms with Crippen LogP contribution in [0.2, 0.25) is 0 Å². The summed E-state index contributed by atoms with van der Waals surface area (Å²) in [6, 6.07) is 11.5. The van der Waals surface area contributed by atoms with Crippen LogP contribution in [0.3, 0.4) is 0 Å². The van der Waals surface area contributed by atoms with Crippen LogP contribution in [0, 0.1) is 0 Å². The number of anilines is 1. The van der Waals surface area contributed by atoms with Crippen molar-refractivity contribution >= 4 is 11.6 Å². The first kappa shape index (κ1) is 13.2. The second-order valence-corrected chi connectivity index (χ2v) is 4.49. The van der Waals surface area contributed by atoms with Crippen molar-refractivity contribution in [3.63, 3.8) is 0 Å². The Morgan fingerprint density at radius 1 is 1.32 bits per heavy atom. The molecule has 1 atom stereocenters. The average molecular weight is 258 g/mol. The Kier molecular flexibility index (Phi) is 4.23. The van der Waals surface area contributed by atoms with Crippen LogP contribution in [0.25, 0.3) is 0 Å². The normalized spacial score (nSPS) is 11.9. The van der Waals surface area contributed by atoms with E-state index in [9.17, 15) is 4.79 Å². The minimum atomic E-state index is -0.0812. The highest BCUT2D eigenvalue weighted by atomic mass is 16.3. The van der Waals surface area contributed by atoms with Gasteiger partial charge in [0.05, 0.1) is 6.26 Å². The van der Waals surface area contributed by atoms with E-state index in [1.54, 1.807) is 19.4 Å². The molecule has 1 heterocycles. The van der Waals surface area contributed by atoms with Crippen LogP contribution >= 0.6 is 0 Å². The molecule has 0 radical (unpaired) electrons. The highest BCUT2D eigenvalue weighted by Crippen LogP contribution is 2.14. The van der Waals surface area contributed by atoms with Gasteiger partial charge in [0.15, 0.2) is 0 Å². The van der Waals surface area contributed by atoms with E-state index >= 15 is 0 Å². The molecule has 4 nitrogen and oxygen atoms in total. The van der Waals surface area contributed by atoms with Gasteiger partial charge in [-0.1, -0.05) is 6.07 Å². The zero-order valence-electron chi connectivity index (χ0n) is 11.1. The van der Waals surface area contributed by atoms with Gasteiger partial charge in [-0.25, -0.2) is 0 Å². The summed E-state index contributed by atoms with van der Waals surface area (Å²) in [6.45, 7) is 2.08. The smallest absolute Gasteiger partial charge is 0.251 e. The number of carbonyl (C=O) groups is 1. The van der Waals surface area contributed by atoms with E-state index in [-0.39, 0.29) is 11.9 Å². The average Bonchev–Trinajstić information content (AvgIpc) is 2.90. The van der Waals surface area contributed by atoms with Crippen molar-refractivity contribution in [1.29, 1.82) is 0 Å². The van der Waals surface area contributed by atoms with Crippen LogP contribution in [-0.4, -0.2) is 19.0 Å². The molecule has 0 aliphatic heterocycles. The molecule has 2 aromatic rings. The second kappa shape index (κ2) is 6.09. The number of nitrogens with one attached hydrogen (secondary N) is 2. The minimum absolute atomic E-state index is 0.0812. The standard InChI is InChI=1S/C15H18N2O2/c1-11(9-14-7-4-8-19-14)17-13-6-3-5-12(10-13)15(18)16-2/h3-8,10-11,17H,9H2,1-2H3,(H,16,18). The number of carbonyl (C=O) groups excluding carboxylic acids is 1. The van der Waals surface area contributed by atoms with E-state index in [0.29, 0.717) is 5.56 Å². The van der Waals surface area contributed by atoms with Crippen molar-refractivity contribution in [2.24, 2.45) is 0 Å². The van der Waals surface area contributed by atoms with Crippen LogP contribution in [0.5, 0.6) is 0 Å². The van der Waals surface area contributed by atoms with Crippen LogP contribution < -0.4 is 10.6 Å². The van der Waals surface area contributed by atoms with Gasteiger partial charge in [0, 0.05) is 30.8 Å². The molecule has 19 heavy (non-hydrogen) atoms. The van der Waals surface area contributed by atoms with E-state index < -0.39 is 0 Å². The second-order valence-electron chi connectivity index (χ2n) is 4.49. The zero-order chi connectivity index (χ0) is 13.7. The summed E-state index contributed by atoms with van der Waals surface area (Å²) < 4.78 is 5.32. The number of rotatable bonds is 5. The summed E-state index contributed by atoms with van der Waals surface area (Å²) in [5, 5.41) is 5.98. The summed E-state index contributed by atoms with van der Waals surface area (Å²) in [7, 11) is 1.63. The molecule has 0 saturated heterocycles. The Labute approximate surface area is 112 Å². The molecule has 1 aromatic carbocycles. The molecule has 0 fully saturated rings. The molecule has 1 amide bonds. The third kappa shape index (κ3) is 3.61. The molecule has 0 aliphatic rings. The van der Waals surface area contributed by atoms with Gasteiger partial charge in [-0.2, -0.15) is 0 Å². The predicted octanol–water partition coefficient (Wildman–Crippen LogP) is 2.68. The number of hydrogen-bond acceptors (Lipinski definition) is 3. The SMILES string of the molecule is CNC(=O)c1cccc(NC(C)Cc2ccco2)c1. The van der Waals surface area contributed by atoms with Gasteiger partial charge >= 0.3 is 0 Å². The fourth-order valence-corrected chi connectivity index (χ4v) is 1.96. The van der Waals surface area contributed by atoms with Crippen molar-refractivity contribution in [3.8, 4) is 0 Å². The molecular formula is C15H18N2O2. The highest BCUT2D eigenvalue weighted by molar-refractivity contribution is 5.94.